The molecule has 5 nitrogen and oxygen atoms in total. The maximum atomic E-state index is 13.2. The van der Waals surface area contributed by atoms with Gasteiger partial charge in [0.05, 0.1) is 11.3 Å². The van der Waals surface area contributed by atoms with E-state index in [0.717, 1.165) is 18.2 Å². The highest BCUT2D eigenvalue weighted by atomic mass is 32.2. The molecular weight excluding hydrogens is 403 g/mol. The molecule has 1 amide bonds. The quantitative estimate of drug-likeness (QED) is 0.502. The van der Waals surface area contributed by atoms with E-state index in [2.05, 4.69) is 19.2 Å². The van der Waals surface area contributed by atoms with Gasteiger partial charge in [0.15, 0.2) is 0 Å². The number of fused-ring (bicyclic) bond motifs is 1. The zero-order chi connectivity index (χ0) is 22.7. The number of nitrogens with one attached hydrogen (secondary N) is 1. The van der Waals surface area contributed by atoms with Crippen molar-refractivity contribution >= 4 is 34.5 Å². The van der Waals surface area contributed by atoms with Crippen molar-refractivity contribution in [1.82, 2.24) is 5.32 Å². The molecule has 0 aliphatic heterocycles. The van der Waals surface area contributed by atoms with Crippen LogP contribution in [0.15, 0.2) is 46.9 Å². The molecule has 0 saturated heterocycles. The van der Waals surface area contributed by atoms with Crippen LogP contribution in [-0.2, 0) is 0 Å². The van der Waals surface area contributed by atoms with E-state index in [9.17, 15) is 9.18 Å². The molecule has 3 aromatic rings. The highest BCUT2D eigenvalue weighted by Gasteiger charge is 2.22. The van der Waals surface area contributed by atoms with Crippen molar-refractivity contribution < 1.29 is 18.7 Å². The molecule has 0 spiro atoms. The molecule has 0 aliphatic rings. The summed E-state index contributed by atoms with van der Waals surface area (Å²) in [4.78, 5) is 12.4. The molecule has 2 aromatic carbocycles. The summed E-state index contributed by atoms with van der Waals surface area (Å²) in [6.45, 7) is 4.36. The predicted molar refractivity (Wildman–Crippen MR) is 126 cm³/mol. The second kappa shape index (κ2) is 12.9. The molecule has 0 aliphatic carbocycles. The van der Waals surface area contributed by atoms with Gasteiger partial charge < -0.3 is 19.1 Å². The number of furan rings is 1. The van der Waals surface area contributed by atoms with E-state index in [1.165, 1.54) is 25.0 Å². The predicted octanol–water partition coefficient (Wildman–Crippen LogP) is 5.73. The fraction of sp³-hybridized carbons (Fsp3) is 0.348. The van der Waals surface area contributed by atoms with Crippen molar-refractivity contribution in [2.75, 3.05) is 31.8 Å². The first-order chi connectivity index (χ1) is 14.5. The van der Waals surface area contributed by atoms with Gasteiger partial charge in [-0.25, -0.2) is 4.39 Å². The Labute approximate surface area is 182 Å². The summed E-state index contributed by atoms with van der Waals surface area (Å²) >= 11 is 1.58. The van der Waals surface area contributed by atoms with E-state index in [-0.39, 0.29) is 11.7 Å². The van der Waals surface area contributed by atoms with Crippen molar-refractivity contribution in [1.29, 1.82) is 0 Å². The number of rotatable bonds is 5. The van der Waals surface area contributed by atoms with Crippen LogP contribution < -0.4 is 9.62 Å². The average Bonchev–Trinajstić information content (AvgIpc) is 3.18. The van der Waals surface area contributed by atoms with Crippen LogP contribution in [0.1, 0.15) is 37.0 Å². The molecule has 0 radical (unpaired) electrons. The topological polar surface area (TPSA) is 65.7 Å². The number of anilines is 1. The Kier molecular flexibility index (Phi) is 11.0. The molecule has 30 heavy (non-hydrogen) atoms. The van der Waals surface area contributed by atoms with Crippen molar-refractivity contribution in [2.45, 2.75) is 26.7 Å². The van der Waals surface area contributed by atoms with E-state index < -0.39 is 0 Å². The average molecular weight is 435 g/mol. The Morgan fingerprint density at radius 1 is 1.13 bits per heavy atom. The summed E-state index contributed by atoms with van der Waals surface area (Å²) in [7, 11) is 4.53. The first-order valence-corrected chi connectivity index (χ1v) is 10.9. The Bertz CT molecular complexity index is 924. The Balaban J connectivity index is 0.000000673. The molecule has 3 rings (SSSR count). The first kappa shape index (κ1) is 25.5. The lowest BCUT2D eigenvalue weighted by molar-refractivity contribution is 0.0964. The van der Waals surface area contributed by atoms with Crippen LogP contribution in [0.25, 0.3) is 22.3 Å². The number of hydrogen-bond donors (Lipinski definition) is 2. The number of halogens is 1. The molecule has 7 heteroatoms. The van der Waals surface area contributed by atoms with Gasteiger partial charge in [0.1, 0.15) is 17.2 Å². The van der Waals surface area contributed by atoms with Crippen LogP contribution in [0.4, 0.5) is 10.1 Å². The van der Waals surface area contributed by atoms with Gasteiger partial charge in [0, 0.05) is 44.5 Å². The number of aliphatic hydroxyl groups excluding tert-OH is 1. The number of unbranched alkanes of at least 4 members (excludes halogenated alkanes) is 1. The second-order valence-corrected chi connectivity index (χ2v) is 7.17. The highest BCUT2D eigenvalue weighted by Crippen LogP contribution is 2.36. The van der Waals surface area contributed by atoms with E-state index in [4.69, 9.17) is 9.52 Å². The van der Waals surface area contributed by atoms with Crippen LogP contribution in [0, 0.1) is 5.82 Å². The van der Waals surface area contributed by atoms with Crippen LogP contribution in [0.3, 0.4) is 0 Å². The third kappa shape index (κ3) is 6.24. The number of benzene rings is 2. The van der Waals surface area contributed by atoms with Crippen molar-refractivity contribution in [2.24, 2.45) is 0 Å². The van der Waals surface area contributed by atoms with Gasteiger partial charge in [0.25, 0.3) is 5.91 Å². The number of aliphatic hydroxyl groups is 1. The van der Waals surface area contributed by atoms with Gasteiger partial charge in [-0.05, 0) is 36.4 Å². The molecule has 2 N–H and O–H groups in total. The minimum atomic E-state index is -0.333. The summed E-state index contributed by atoms with van der Waals surface area (Å²) in [6.07, 6.45) is 4.62. The number of hydrogen-bond acceptors (Lipinski definition) is 5. The maximum absolute atomic E-state index is 13.2. The van der Waals surface area contributed by atoms with Gasteiger partial charge in [-0.3, -0.25) is 4.79 Å². The van der Waals surface area contributed by atoms with Crippen molar-refractivity contribution in [3.63, 3.8) is 0 Å². The zero-order valence-corrected chi connectivity index (χ0v) is 19.3. The Morgan fingerprint density at radius 2 is 1.73 bits per heavy atom. The molecule has 164 valence electrons. The Morgan fingerprint density at radius 3 is 2.23 bits per heavy atom. The largest absolute Gasteiger partial charge is 0.455 e. The minimum Gasteiger partial charge on any atom is -0.455 e. The normalized spacial score (nSPS) is 9.87. The lowest BCUT2D eigenvalue weighted by Crippen LogP contribution is -2.18. The summed E-state index contributed by atoms with van der Waals surface area (Å²) in [6, 6.07) is 11.6. The third-order valence-electron chi connectivity index (χ3n) is 4.37. The molecule has 1 heterocycles. The summed E-state index contributed by atoms with van der Waals surface area (Å²) in [5.41, 5.74) is 2.70. The molecule has 0 saturated carbocycles. The van der Waals surface area contributed by atoms with Crippen LogP contribution in [0.5, 0.6) is 0 Å². The Hall–Kier alpha value is -2.51. The number of amides is 1. The summed E-state index contributed by atoms with van der Waals surface area (Å²) < 4.78 is 21.2. The zero-order valence-electron chi connectivity index (χ0n) is 18.5. The maximum Gasteiger partial charge on any atom is 0.255 e. The van der Waals surface area contributed by atoms with E-state index in [1.54, 1.807) is 31.1 Å². The molecule has 0 atom stereocenters. The monoisotopic (exact) mass is 434 g/mol. The van der Waals surface area contributed by atoms with Gasteiger partial charge in [0.2, 0.25) is 0 Å². The summed E-state index contributed by atoms with van der Waals surface area (Å²) in [5, 5.41) is 10.4. The van der Waals surface area contributed by atoms with E-state index >= 15 is 0 Å². The van der Waals surface area contributed by atoms with Crippen molar-refractivity contribution in [3.8, 4) is 11.3 Å². The number of carbonyl (C=O) groups excluding carboxylic acids is 1. The molecule has 0 bridgehead atoms. The number of carbonyl (C=O) groups is 1. The molecule has 0 fully saturated rings. The van der Waals surface area contributed by atoms with Gasteiger partial charge >= 0.3 is 0 Å². The van der Waals surface area contributed by atoms with Crippen LogP contribution in [-0.4, -0.2) is 38.5 Å². The van der Waals surface area contributed by atoms with Gasteiger partial charge in [-0.2, -0.15) is 0 Å². The lowest BCUT2D eigenvalue weighted by Gasteiger charge is -2.14. The minimum absolute atomic E-state index is 0.237. The van der Waals surface area contributed by atoms with E-state index in [0.29, 0.717) is 22.5 Å². The fourth-order valence-electron chi connectivity index (χ4n) is 2.54. The third-order valence-corrected chi connectivity index (χ3v) is 5.13. The number of nitrogens with zero attached hydrogens (tertiary/aromatic N) is 1. The smallest absolute Gasteiger partial charge is 0.255 e. The first-order valence-electron chi connectivity index (χ1n) is 9.73. The van der Waals surface area contributed by atoms with Crippen LogP contribution in [0.2, 0.25) is 0 Å². The molecule has 1 aromatic heterocycles. The lowest BCUT2D eigenvalue weighted by atomic mass is 10.0. The second-order valence-electron chi connectivity index (χ2n) is 6.25. The van der Waals surface area contributed by atoms with Gasteiger partial charge in [-0.15, -0.1) is 0 Å². The fourth-order valence-corrected chi connectivity index (χ4v) is 2.87. The van der Waals surface area contributed by atoms with E-state index in [1.807, 2.05) is 35.8 Å². The van der Waals surface area contributed by atoms with Crippen molar-refractivity contribution in [3.05, 3.63) is 53.8 Å². The van der Waals surface area contributed by atoms with Gasteiger partial charge in [-0.1, -0.05) is 38.6 Å². The summed E-state index contributed by atoms with van der Waals surface area (Å²) in [5.74, 6) is -0.132. The SMILES string of the molecule is CCCC.CNC(=O)c1c(-c2ccc(F)cc2)oc2cc(N(C)SC)ccc12.CO. The molecule has 0 unspecified atom stereocenters. The van der Waals surface area contributed by atoms with Crippen LogP contribution >= 0.6 is 11.9 Å². The standard InChI is InChI=1S/C18H17FN2O2S.C4H10.CH4O/c1-20-18(22)16-14-9-8-13(21(2)24-3)10-15(14)23-17(16)11-4-6-12(19)7-5-11;1-3-4-2;1-2/h4-10H,1-3H3,(H,20,22);3-4H2,1-2H3;2H,1H3. The highest BCUT2D eigenvalue weighted by molar-refractivity contribution is 7.99. The molecular formula is C23H31FN2O3S.